The number of halogens is 1. The van der Waals surface area contributed by atoms with Gasteiger partial charge >= 0.3 is 0 Å². The zero-order valence-corrected chi connectivity index (χ0v) is 15.5. The lowest BCUT2D eigenvalue weighted by atomic mass is 9.90. The van der Waals surface area contributed by atoms with Gasteiger partial charge in [0.15, 0.2) is 10.8 Å². The summed E-state index contributed by atoms with van der Waals surface area (Å²) in [6.45, 7) is 6.27. The number of nitrogens with one attached hydrogen (secondary N) is 1. The highest BCUT2D eigenvalue weighted by Gasteiger charge is 2.48. The van der Waals surface area contributed by atoms with Gasteiger partial charge in [-0.3, -0.25) is 4.90 Å². The van der Waals surface area contributed by atoms with E-state index in [1.807, 2.05) is 18.2 Å². The summed E-state index contributed by atoms with van der Waals surface area (Å²) in [5, 5.41) is 4.78. The average molecular weight is 359 g/mol. The average Bonchev–Trinajstić information content (AvgIpc) is 2.46. The molecule has 2 atom stereocenters. The molecule has 1 saturated heterocycles. The summed E-state index contributed by atoms with van der Waals surface area (Å²) in [7, 11) is 0. The van der Waals surface area contributed by atoms with Gasteiger partial charge in [-0.15, -0.1) is 0 Å². The first-order valence-electron chi connectivity index (χ1n) is 8.04. The number of thiocarbonyl (C=S) groups is 1. The second kappa shape index (κ2) is 5.36. The Hall–Kier alpha value is -1.78. The normalized spacial score (nSPS) is 24.9. The van der Waals surface area contributed by atoms with E-state index in [2.05, 4.69) is 49.2 Å². The van der Waals surface area contributed by atoms with Crippen LogP contribution in [0.5, 0.6) is 5.75 Å². The van der Waals surface area contributed by atoms with Crippen LogP contribution in [0, 0.1) is 13.8 Å². The van der Waals surface area contributed by atoms with Crippen molar-refractivity contribution in [2.75, 3.05) is 4.90 Å². The van der Waals surface area contributed by atoms with Crippen LogP contribution in [0.25, 0.3) is 0 Å². The maximum Gasteiger partial charge on any atom is 0.188 e. The third-order valence-electron chi connectivity index (χ3n) is 4.72. The minimum Gasteiger partial charge on any atom is -0.466 e. The first-order chi connectivity index (χ1) is 11.4. The van der Waals surface area contributed by atoms with Gasteiger partial charge in [0.1, 0.15) is 5.75 Å². The van der Waals surface area contributed by atoms with Gasteiger partial charge in [-0.2, -0.15) is 0 Å². The van der Waals surface area contributed by atoms with E-state index in [1.54, 1.807) is 0 Å². The molecule has 0 amide bonds. The zero-order chi connectivity index (χ0) is 17.1. The van der Waals surface area contributed by atoms with E-state index < -0.39 is 5.72 Å². The van der Waals surface area contributed by atoms with E-state index in [0.29, 0.717) is 10.1 Å². The number of anilines is 1. The highest BCUT2D eigenvalue weighted by molar-refractivity contribution is 7.80. The van der Waals surface area contributed by atoms with Crippen LogP contribution >= 0.6 is 23.8 Å². The SMILES string of the molecule is Cc1cc(C)cc(N2C(=S)N[C@H]3C[C@]2(C)Oc2c(Cl)cccc23)c1. The standard InChI is InChI=1S/C19H19ClN2OS/c1-11-7-12(2)9-13(8-11)22-18(24)21-16-10-19(22,3)23-17-14(16)5-4-6-15(17)20/h4-9,16H,10H2,1-3H3,(H,21,24)/t16-,19-/m0/s1. The topological polar surface area (TPSA) is 24.5 Å². The molecule has 2 aromatic rings. The zero-order valence-electron chi connectivity index (χ0n) is 13.9. The van der Waals surface area contributed by atoms with Gasteiger partial charge in [-0.05, 0) is 62.3 Å². The Kier molecular flexibility index (Phi) is 3.52. The molecule has 3 nitrogen and oxygen atoms in total. The number of rotatable bonds is 1. The molecule has 0 radical (unpaired) electrons. The molecule has 2 aromatic carbocycles. The van der Waals surface area contributed by atoms with Crippen molar-refractivity contribution >= 4 is 34.6 Å². The Morgan fingerprint density at radius 3 is 2.67 bits per heavy atom. The molecular formula is C19H19ClN2OS. The monoisotopic (exact) mass is 358 g/mol. The van der Waals surface area contributed by atoms with Crippen LogP contribution in [-0.4, -0.2) is 10.8 Å². The number of ether oxygens (including phenoxy) is 1. The smallest absolute Gasteiger partial charge is 0.188 e. The summed E-state index contributed by atoms with van der Waals surface area (Å²) in [4.78, 5) is 2.07. The van der Waals surface area contributed by atoms with Gasteiger partial charge in [0.2, 0.25) is 0 Å². The number of benzene rings is 2. The lowest BCUT2D eigenvalue weighted by Crippen LogP contribution is -2.65. The van der Waals surface area contributed by atoms with Crippen LogP contribution in [0.15, 0.2) is 36.4 Å². The van der Waals surface area contributed by atoms with Crippen molar-refractivity contribution in [3.63, 3.8) is 0 Å². The molecule has 0 unspecified atom stereocenters. The molecule has 1 fully saturated rings. The molecule has 1 N–H and O–H groups in total. The maximum atomic E-state index is 6.40. The van der Waals surface area contributed by atoms with Crippen molar-refractivity contribution in [3.8, 4) is 5.75 Å². The summed E-state index contributed by atoms with van der Waals surface area (Å²) in [5.74, 6) is 0.752. The van der Waals surface area contributed by atoms with Gasteiger partial charge in [-0.25, -0.2) is 0 Å². The van der Waals surface area contributed by atoms with E-state index in [1.165, 1.54) is 11.1 Å². The lowest BCUT2D eigenvalue weighted by Gasteiger charge is -2.52. The molecule has 0 saturated carbocycles. The van der Waals surface area contributed by atoms with E-state index >= 15 is 0 Å². The minimum absolute atomic E-state index is 0.118. The van der Waals surface area contributed by atoms with Crippen LogP contribution in [0.2, 0.25) is 5.02 Å². The van der Waals surface area contributed by atoms with Crippen molar-refractivity contribution in [2.24, 2.45) is 0 Å². The largest absolute Gasteiger partial charge is 0.466 e. The quantitative estimate of drug-likeness (QED) is 0.733. The Balaban J connectivity index is 1.84. The third-order valence-corrected chi connectivity index (χ3v) is 5.31. The number of hydrogen-bond acceptors (Lipinski definition) is 2. The molecular weight excluding hydrogens is 340 g/mol. The van der Waals surface area contributed by atoms with Crippen LogP contribution in [0.4, 0.5) is 5.69 Å². The van der Waals surface area contributed by atoms with Gasteiger partial charge in [0.25, 0.3) is 0 Å². The van der Waals surface area contributed by atoms with Crippen molar-refractivity contribution in [1.82, 2.24) is 5.32 Å². The first-order valence-corrected chi connectivity index (χ1v) is 8.82. The third kappa shape index (κ3) is 2.36. The van der Waals surface area contributed by atoms with E-state index in [9.17, 15) is 0 Å². The predicted octanol–water partition coefficient (Wildman–Crippen LogP) is 4.89. The van der Waals surface area contributed by atoms with Crippen LogP contribution in [0.1, 0.15) is 36.1 Å². The summed E-state index contributed by atoms with van der Waals surface area (Å²) in [5.41, 5.74) is 3.95. The Morgan fingerprint density at radius 2 is 1.96 bits per heavy atom. The van der Waals surface area contributed by atoms with Crippen LogP contribution in [0.3, 0.4) is 0 Å². The lowest BCUT2D eigenvalue weighted by molar-refractivity contribution is 0.0499. The summed E-state index contributed by atoms with van der Waals surface area (Å²) < 4.78 is 6.40. The molecule has 2 aliphatic rings. The van der Waals surface area contributed by atoms with Crippen LogP contribution < -0.4 is 15.0 Å². The fourth-order valence-corrected chi connectivity index (χ4v) is 4.48. The van der Waals surface area contributed by atoms with Gasteiger partial charge in [0, 0.05) is 17.7 Å². The number of hydrogen-bond donors (Lipinski definition) is 1. The fraction of sp³-hybridized carbons (Fsp3) is 0.316. The Morgan fingerprint density at radius 1 is 1.25 bits per heavy atom. The van der Waals surface area contributed by atoms with E-state index in [0.717, 1.165) is 23.4 Å². The summed E-state index contributed by atoms with van der Waals surface area (Å²) >= 11 is 12.1. The Bertz CT molecular complexity index is 833. The molecule has 2 bridgehead atoms. The van der Waals surface area contributed by atoms with Gasteiger partial charge in [0.05, 0.1) is 11.1 Å². The molecule has 0 aromatic heterocycles. The molecule has 2 aliphatic heterocycles. The second-order valence-corrected chi connectivity index (χ2v) is 7.62. The summed E-state index contributed by atoms with van der Waals surface area (Å²) in [6, 6.07) is 12.4. The molecule has 0 aliphatic carbocycles. The molecule has 2 heterocycles. The van der Waals surface area contributed by atoms with Crippen molar-refractivity contribution < 1.29 is 4.74 Å². The molecule has 5 heteroatoms. The van der Waals surface area contributed by atoms with Crippen molar-refractivity contribution in [1.29, 1.82) is 0 Å². The number of aryl methyl sites for hydroxylation is 2. The van der Waals surface area contributed by atoms with Crippen LogP contribution in [-0.2, 0) is 0 Å². The molecule has 4 rings (SSSR count). The molecule has 24 heavy (non-hydrogen) atoms. The molecule has 0 spiro atoms. The van der Waals surface area contributed by atoms with Crippen molar-refractivity contribution in [3.05, 3.63) is 58.1 Å². The fourth-order valence-electron chi connectivity index (χ4n) is 3.82. The number of nitrogens with zero attached hydrogens (tertiary/aromatic N) is 1. The molecule has 124 valence electrons. The Labute approximate surface area is 152 Å². The number of para-hydroxylation sites is 1. The van der Waals surface area contributed by atoms with Gasteiger partial charge in [-0.1, -0.05) is 29.8 Å². The highest BCUT2D eigenvalue weighted by atomic mass is 35.5. The van der Waals surface area contributed by atoms with Gasteiger partial charge < -0.3 is 10.1 Å². The second-order valence-electron chi connectivity index (χ2n) is 6.82. The minimum atomic E-state index is -0.564. The number of fused-ring (bicyclic) bond motifs is 4. The van der Waals surface area contributed by atoms with E-state index in [-0.39, 0.29) is 6.04 Å². The van der Waals surface area contributed by atoms with E-state index in [4.69, 9.17) is 28.6 Å². The first kappa shape index (κ1) is 15.7. The highest BCUT2D eigenvalue weighted by Crippen LogP contribution is 2.48. The van der Waals surface area contributed by atoms with Crippen molar-refractivity contribution in [2.45, 2.75) is 39.0 Å². The predicted molar refractivity (Wildman–Crippen MR) is 102 cm³/mol. The summed E-state index contributed by atoms with van der Waals surface area (Å²) in [6.07, 6.45) is 0.799. The maximum absolute atomic E-state index is 6.40.